The normalized spacial score (nSPS) is 30.1. The number of nitrogens with one attached hydrogen (secondary N) is 1. The molecule has 0 radical (unpaired) electrons. The minimum atomic E-state index is 0.0775. The Balaban J connectivity index is 1.98. The van der Waals surface area contributed by atoms with Crippen LogP contribution in [-0.2, 0) is 0 Å². The van der Waals surface area contributed by atoms with Crippen LogP contribution in [0.2, 0.25) is 0 Å². The minimum absolute atomic E-state index is 0.0775. The Labute approximate surface area is 110 Å². The van der Waals surface area contributed by atoms with Crippen molar-refractivity contribution in [2.45, 2.75) is 45.2 Å². The van der Waals surface area contributed by atoms with Crippen molar-refractivity contribution in [2.24, 2.45) is 11.8 Å². The van der Waals surface area contributed by atoms with Crippen molar-refractivity contribution in [3.05, 3.63) is 35.9 Å². The third-order valence-corrected chi connectivity index (χ3v) is 4.00. The van der Waals surface area contributed by atoms with E-state index in [0.717, 1.165) is 11.8 Å². The van der Waals surface area contributed by atoms with E-state index in [9.17, 15) is 5.11 Å². The summed E-state index contributed by atoms with van der Waals surface area (Å²) in [5.41, 5.74) is 1.19. The SMILES string of the molecule is CC1CC(C)CC(N[C@@H](CO)c2ccccc2)C1. The van der Waals surface area contributed by atoms with Gasteiger partial charge in [-0.15, -0.1) is 0 Å². The van der Waals surface area contributed by atoms with Gasteiger partial charge < -0.3 is 10.4 Å². The zero-order chi connectivity index (χ0) is 13.0. The van der Waals surface area contributed by atoms with Crippen molar-refractivity contribution < 1.29 is 5.11 Å². The average molecular weight is 247 g/mol. The monoisotopic (exact) mass is 247 g/mol. The van der Waals surface area contributed by atoms with Gasteiger partial charge in [0.2, 0.25) is 0 Å². The number of aliphatic hydroxyl groups is 1. The maximum absolute atomic E-state index is 9.58. The molecule has 18 heavy (non-hydrogen) atoms. The Morgan fingerprint density at radius 3 is 2.28 bits per heavy atom. The first-order chi connectivity index (χ1) is 8.69. The molecule has 2 N–H and O–H groups in total. The van der Waals surface area contributed by atoms with Crippen molar-refractivity contribution in [2.75, 3.05) is 6.61 Å². The van der Waals surface area contributed by atoms with Gasteiger partial charge >= 0.3 is 0 Å². The number of benzene rings is 1. The lowest BCUT2D eigenvalue weighted by Gasteiger charge is -2.34. The van der Waals surface area contributed by atoms with Crippen LogP contribution in [-0.4, -0.2) is 17.8 Å². The Morgan fingerprint density at radius 1 is 1.11 bits per heavy atom. The summed E-state index contributed by atoms with van der Waals surface area (Å²) in [5.74, 6) is 1.59. The van der Waals surface area contributed by atoms with Crippen LogP contribution in [0.3, 0.4) is 0 Å². The quantitative estimate of drug-likeness (QED) is 0.856. The fourth-order valence-electron chi connectivity index (χ4n) is 3.31. The lowest BCUT2D eigenvalue weighted by Crippen LogP contribution is -2.39. The molecule has 1 aromatic carbocycles. The van der Waals surface area contributed by atoms with Crippen LogP contribution in [0.5, 0.6) is 0 Å². The first-order valence-corrected chi connectivity index (χ1v) is 7.11. The second-order valence-electron chi connectivity index (χ2n) is 5.93. The van der Waals surface area contributed by atoms with Crippen LogP contribution in [0.1, 0.15) is 44.7 Å². The number of hydrogen-bond donors (Lipinski definition) is 2. The van der Waals surface area contributed by atoms with Crippen molar-refractivity contribution >= 4 is 0 Å². The van der Waals surface area contributed by atoms with E-state index in [1.807, 2.05) is 18.2 Å². The Kier molecular flexibility index (Phi) is 4.79. The molecule has 1 saturated carbocycles. The summed E-state index contributed by atoms with van der Waals surface area (Å²) in [6.07, 6.45) is 3.80. The Morgan fingerprint density at radius 2 is 1.72 bits per heavy atom. The smallest absolute Gasteiger partial charge is 0.0626 e. The zero-order valence-corrected chi connectivity index (χ0v) is 11.5. The standard InChI is InChI=1S/C16H25NO/c1-12-8-13(2)10-15(9-12)17-16(11-18)14-6-4-3-5-7-14/h3-7,12-13,15-18H,8-11H2,1-2H3/t12?,13?,15?,16-/m0/s1. The largest absolute Gasteiger partial charge is 0.394 e. The Bertz CT molecular complexity index is 341. The summed E-state index contributed by atoms with van der Waals surface area (Å²) in [6, 6.07) is 10.9. The van der Waals surface area contributed by atoms with Crippen LogP contribution in [0.15, 0.2) is 30.3 Å². The van der Waals surface area contributed by atoms with Gasteiger partial charge in [0, 0.05) is 6.04 Å². The van der Waals surface area contributed by atoms with Gasteiger partial charge in [-0.3, -0.25) is 0 Å². The third-order valence-electron chi connectivity index (χ3n) is 4.00. The molecule has 0 spiro atoms. The van der Waals surface area contributed by atoms with Gasteiger partial charge in [0.25, 0.3) is 0 Å². The van der Waals surface area contributed by atoms with Crippen molar-refractivity contribution in [3.8, 4) is 0 Å². The van der Waals surface area contributed by atoms with Crippen LogP contribution >= 0.6 is 0 Å². The molecule has 2 rings (SSSR count). The highest BCUT2D eigenvalue weighted by Crippen LogP contribution is 2.29. The molecule has 0 bridgehead atoms. The van der Waals surface area contributed by atoms with E-state index in [-0.39, 0.29) is 12.6 Å². The second kappa shape index (κ2) is 6.35. The van der Waals surface area contributed by atoms with E-state index in [0.29, 0.717) is 6.04 Å². The highest BCUT2D eigenvalue weighted by molar-refractivity contribution is 5.19. The van der Waals surface area contributed by atoms with E-state index in [4.69, 9.17) is 0 Å². The third kappa shape index (κ3) is 3.56. The molecule has 1 aromatic rings. The maximum Gasteiger partial charge on any atom is 0.0626 e. The molecule has 0 heterocycles. The van der Waals surface area contributed by atoms with E-state index < -0.39 is 0 Å². The van der Waals surface area contributed by atoms with Gasteiger partial charge in [0.15, 0.2) is 0 Å². The predicted octanol–water partition coefficient (Wildman–Crippen LogP) is 3.13. The highest BCUT2D eigenvalue weighted by atomic mass is 16.3. The van der Waals surface area contributed by atoms with Crippen LogP contribution in [0.25, 0.3) is 0 Å². The molecule has 3 atom stereocenters. The lowest BCUT2D eigenvalue weighted by molar-refractivity contribution is 0.187. The molecule has 2 unspecified atom stereocenters. The number of aliphatic hydroxyl groups excluding tert-OH is 1. The Hall–Kier alpha value is -0.860. The van der Waals surface area contributed by atoms with Crippen LogP contribution < -0.4 is 5.32 Å². The zero-order valence-electron chi connectivity index (χ0n) is 11.5. The lowest BCUT2D eigenvalue weighted by atomic mass is 9.80. The fourth-order valence-corrected chi connectivity index (χ4v) is 3.31. The summed E-state index contributed by atoms with van der Waals surface area (Å²) in [5, 5.41) is 13.2. The summed E-state index contributed by atoms with van der Waals surface area (Å²) in [6.45, 7) is 4.84. The molecular formula is C16H25NO. The molecule has 1 aliphatic carbocycles. The summed E-state index contributed by atoms with van der Waals surface area (Å²) >= 11 is 0. The fraction of sp³-hybridized carbons (Fsp3) is 0.625. The van der Waals surface area contributed by atoms with Gasteiger partial charge in [0.1, 0.15) is 0 Å². The van der Waals surface area contributed by atoms with Crippen molar-refractivity contribution in [3.63, 3.8) is 0 Å². The highest BCUT2D eigenvalue weighted by Gasteiger charge is 2.25. The van der Waals surface area contributed by atoms with Gasteiger partial charge in [-0.25, -0.2) is 0 Å². The van der Waals surface area contributed by atoms with Gasteiger partial charge in [-0.05, 0) is 36.7 Å². The first kappa shape index (κ1) is 13.6. The summed E-state index contributed by atoms with van der Waals surface area (Å²) in [7, 11) is 0. The number of hydrogen-bond acceptors (Lipinski definition) is 2. The maximum atomic E-state index is 9.58. The molecule has 1 aliphatic rings. The van der Waals surface area contributed by atoms with Gasteiger partial charge in [0.05, 0.1) is 12.6 Å². The molecule has 0 aliphatic heterocycles. The van der Waals surface area contributed by atoms with E-state index in [1.54, 1.807) is 0 Å². The van der Waals surface area contributed by atoms with Gasteiger partial charge in [-0.2, -0.15) is 0 Å². The topological polar surface area (TPSA) is 32.3 Å². The molecule has 0 saturated heterocycles. The minimum Gasteiger partial charge on any atom is -0.394 e. The second-order valence-corrected chi connectivity index (χ2v) is 5.93. The molecule has 0 aromatic heterocycles. The molecule has 1 fully saturated rings. The number of rotatable bonds is 4. The van der Waals surface area contributed by atoms with Crippen LogP contribution in [0.4, 0.5) is 0 Å². The average Bonchev–Trinajstić information content (AvgIpc) is 2.36. The van der Waals surface area contributed by atoms with Crippen molar-refractivity contribution in [1.82, 2.24) is 5.32 Å². The summed E-state index contributed by atoms with van der Waals surface area (Å²) < 4.78 is 0. The van der Waals surface area contributed by atoms with Crippen molar-refractivity contribution in [1.29, 1.82) is 0 Å². The van der Waals surface area contributed by atoms with Crippen LogP contribution in [0, 0.1) is 11.8 Å². The molecule has 0 amide bonds. The molecule has 2 heteroatoms. The molecule has 2 nitrogen and oxygen atoms in total. The summed E-state index contributed by atoms with van der Waals surface area (Å²) in [4.78, 5) is 0. The predicted molar refractivity (Wildman–Crippen MR) is 75.4 cm³/mol. The molecule has 100 valence electrons. The van der Waals surface area contributed by atoms with E-state index in [1.165, 1.54) is 24.8 Å². The molecular weight excluding hydrogens is 222 g/mol. The van der Waals surface area contributed by atoms with E-state index >= 15 is 0 Å². The van der Waals surface area contributed by atoms with Gasteiger partial charge in [-0.1, -0.05) is 44.2 Å². The van der Waals surface area contributed by atoms with E-state index in [2.05, 4.69) is 31.3 Å². The first-order valence-electron chi connectivity index (χ1n) is 7.11.